The summed E-state index contributed by atoms with van der Waals surface area (Å²) in [5.74, 6) is 5.78. The predicted octanol–water partition coefficient (Wildman–Crippen LogP) is 1.38. The van der Waals surface area contributed by atoms with Gasteiger partial charge in [0.1, 0.15) is 5.82 Å². The number of hydrogen-bond donors (Lipinski definition) is 2. The molecule has 0 atom stereocenters. The highest BCUT2D eigenvalue weighted by Gasteiger charge is 2.17. The number of rotatable bonds is 4. The molecule has 110 valence electrons. The lowest BCUT2D eigenvalue weighted by Gasteiger charge is -2.04. The van der Waals surface area contributed by atoms with Crippen LogP contribution in [0, 0.1) is 18.8 Å². The average Bonchev–Trinajstić information content (AvgIpc) is 2.87. The molecule has 0 unspecified atom stereocenters. The first-order valence-corrected chi connectivity index (χ1v) is 8.32. The first-order chi connectivity index (χ1) is 10.0. The zero-order valence-electron chi connectivity index (χ0n) is 11.2. The molecule has 0 aliphatic rings. The summed E-state index contributed by atoms with van der Waals surface area (Å²) in [6.45, 7) is 1.72. The SMILES string of the molecule is Cc1ncc(S(=O)(=O)Nc2cc(C#CCCO)ccn2)s1. The Kier molecular flexibility index (Phi) is 4.90. The van der Waals surface area contributed by atoms with Gasteiger partial charge in [0.15, 0.2) is 4.21 Å². The van der Waals surface area contributed by atoms with E-state index in [1.54, 1.807) is 13.0 Å². The monoisotopic (exact) mass is 323 g/mol. The summed E-state index contributed by atoms with van der Waals surface area (Å²) < 4.78 is 26.8. The Hall–Kier alpha value is -1.95. The summed E-state index contributed by atoms with van der Waals surface area (Å²) in [7, 11) is -3.68. The van der Waals surface area contributed by atoms with Crippen LogP contribution in [0.2, 0.25) is 0 Å². The molecule has 0 aliphatic heterocycles. The van der Waals surface area contributed by atoms with Gasteiger partial charge in [-0.25, -0.2) is 18.4 Å². The lowest BCUT2D eigenvalue weighted by Crippen LogP contribution is -2.12. The van der Waals surface area contributed by atoms with Gasteiger partial charge in [-0.1, -0.05) is 11.8 Å². The van der Waals surface area contributed by atoms with Crippen LogP contribution in [0.5, 0.6) is 0 Å². The van der Waals surface area contributed by atoms with Gasteiger partial charge in [-0.3, -0.25) is 4.72 Å². The standard InChI is InChI=1S/C13H13N3O3S2/c1-10-15-9-13(20-10)21(18,19)16-12-8-11(5-6-14-12)4-2-3-7-17/h5-6,8-9,17H,3,7H2,1H3,(H,14,16). The summed E-state index contributed by atoms with van der Waals surface area (Å²) >= 11 is 1.09. The molecule has 0 amide bonds. The van der Waals surface area contributed by atoms with E-state index in [0.29, 0.717) is 17.0 Å². The van der Waals surface area contributed by atoms with E-state index in [4.69, 9.17) is 5.11 Å². The van der Waals surface area contributed by atoms with E-state index in [1.165, 1.54) is 18.5 Å². The molecule has 21 heavy (non-hydrogen) atoms. The number of nitrogens with zero attached hydrogens (tertiary/aromatic N) is 2. The lowest BCUT2D eigenvalue weighted by molar-refractivity contribution is 0.305. The van der Waals surface area contributed by atoms with Crippen molar-refractivity contribution < 1.29 is 13.5 Å². The Labute approximate surface area is 126 Å². The number of aryl methyl sites for hydroxylation is 1. The fourth-order valence-corrected chi connectivity index (χ4v) is 3.55. The smallest absolute Gasteiger partial charge is 0.274 e. The number of aliphatic hydroxyl groups is 1. The number of nitrogens with one attached hydrogen (secondary N) is 1. The number of aliphatic hydroxyl groups excluding tert-OH is 1. The van der Waals surface area contributed by atoms with Crippen LogP contribution in [0.15, 0.2) is 28.7 Å². The van der Waals surface area contributed by atoms with Crippen LogP contribution in [0.1, 0.15) is 17.0 Å². The molecule has 2 aromatic rings. The van der Waals surface area contributed by atoms with Crippen molar-refractivity contribution in [1.29, 1.82) is 0 Å². The molecule has 2 N–H and O–H groups in total. The van der Waals surface area contributed by atoms with Crippen molar-refractivity contribution in [3.63, 3.8) is 0 Å². The second-order valence-electron chi connectivity index (χ2n) is 4.01. The van der Waals surface area contributed by atoms with E-state index >= 15 is 0 Å². The van der Waals surface area contributed by atoms with Crippen LogP contribution in [-0.4, -0.2) is 30.1 Å². The van der Waals surface area contributed by atoms with Gasteiger partial charge in [0.25, 0.3) is 10.0 Å². The van der Waals surface area contributed by atoms with Gasteiger partial charge in [-0.2, -0.15) is 0 Å². The Morgan fingerprint density at radius 1 is 1.43 bits per heavy atom. The number of pyridine rings is 1. The molecule has 0 saturated carbocycles. The molecule has 2 aromatic heterocycles. The molecule has 0 bridgehead atoms. The van der Waals surface area contributed by atoms with Crippen LogP contribution < -0.4 is 4.72 Å². The van der Waals surface area contributed by atoms with Crippen molar-refractivity contribution in [2.75, 3.05) is 11.3 Å². The third kappa shape index (κ3) is 4.26. The molecule has 0 saturated heterocycles. The third-order valence-corrected chi connectivity index (χ3v) is 5.06. The highest BCUT2D eigenvalue weighted by Crippen LogP contribution is 2.20. The minimum absolute atomic E-state index is 0.0116. The summed E-state index contributed by atoms with van der Waals surface area (Å²) in [6.07, 6.45) is 3.15. The van der Waals surface area contributed by atoms with Gasteiger partial charge in [0.2, 0.25) is 0 Å². The molecular weight excluding hydrogens is 310 g/mol. The summed E-state index contributed by atoms with van der Waals surface area (Å²) in [5.41, 5.74) is 0.622. The second-order valence-corrected chi connectivity index (χ2v) is 7.15. The molecule has 0 radical (unpaired) electrons. The second kappa shape index (κ2) is 6.67. The maximum atomic E-state index is 12.1. The van der Waals surface area contributed by atoms with Crippen molar-refractivity contribution in [3.8, 4) is 11.8 Å². The van der Waals surface area contributed by atoms with E-state index in [1.807, 2.05) is 0 Å². The minimum Gasteiger partial charge on any atom is -0.395 e. The summed E-state index contributed by atoms with van der Waals surface area (Å²) in [5, 5.41) is 9.34. The van der Waals surface area contributed by atoms with Crippen LogP contribution in [0.4, 0.5) is 5.82 Å². The molecular formula is C13H13N3O3S2. The zero-order valence-corrected chi connectivity index (χ0v) is 12.8. The van der Waals surface area contributed by atoms with Gasteiger partial charge >= 0.3 is 0 Å². The van der Waals surface area contributed by atoms with Gasteiger partial charge in [0, 0.05) is 18.2 Å². The van der Waals surface area contributed by atoms with Crippen molar-refractivity contribution >= 4 is 27.2 Å². The Balaban J connectivity index is 2.20. The maximum Gasteiger partial charge on any atom is 0.274 e. The quantitative estimate of drug-likeness (QED) is 0.829. The fourth-order valence-electron chi connectivity index (χ4n) is 1.44. The molecule has 0 spiro atoms. The number of sulfonamides is 1. The highest BCUT2D eigenvalue weighted by atomic mass is 32.2. The van der Waals surface area contributed by atoms with Crippen LogP contribution in [-0.2, 0) is 10.0 Å². The normalized spacial score (nSPS) is 10.8. The molecule has 2 heterocycles. The van der Waals surface area contributed by atoms with Crippen LogP contribution >= 0.6 is 11.3 Å². The fraction of sp³-hybridized carbons (Fsp3) is 0.231. The van der Waals surface area contributed by atoms with E-state index in [-0.39, 0.29) is 16.6 Å². The molecule has 0 aliphatic carbocycles. The Bertz CT molecular complexity index is 788. The maximum absolute atomic E-state index is 12.1. The number of hydrogen-bond acceptors (Lipinski definition) is 6. The number of thiazole rings is 1. The molecule has 0 aromatic carbocycles. The van der Waals surface area contributed by atoms with Gasteiger partial charge in [-0.15, -0.1) is 11.3 Å². The van der Waals surface area contributed by atoms with Crippen molar-refractivity contribution in [1.82, 2.24) is 9.97 Å². The average molecular weight is 323 g/mol. The van der Waals surface area contributed by atoms with Crippen molar-refractivity contribution in [2.24, 2.45) is 0 Å². The number of aromatic nitrogens is 2. The van der Waals surface area contributed by atoms with Crippen molar-refractivity contribution in [2.45, 2.75) is 17.6 Å². The summed E-state index contributed by atoms with van der Waals surface area (Å²) in [6, 6.07) is 3.20. The van der Waals surface area contributed by atoms with Gasteiger partial charge in [0.05, 0.1) is 17.8 Å². The van der Waals surface area contributed by atoms with E-state index in [0.717, 1.165) is 11.3 Å². The molecule has 2 rings (SSSR count). The first kappa shape index (κ1) is 15.4. The van der Waals surface area contributed by atoms with E-state index < -0.39 is 10.0 Å². The molecule has 6 nitrogen and oxygen atoms in total. The predicted molar refractivity (Wildman–Crippen MR) is 80.5 cm³/mol. The van der Waals surface area contributed by atoms with Gasteiger partial charge in [-0.05, 0) is 19.1 Å². The Morgan fingerprint density at radius 3 is 2.90 bits per heavy atom. The topological polar surface area (TPSA) is 92.2 Å². The zero-order chi connectivity index (χ0) is 15.3. The van der Waals surface area contributed by atoms with Crippen LogP contribution in [0.3, 0.4) is 0 Å². The van der Waals surface area contributed by atoms with Crippen LogP contribution in [0.25, 0.3) is 0 Å². The van der Waals surface area contributed by atoms with Gasteiger partial charge < -0.3 is 5.11 Å². The minimum atomic E-state index is -3.68. The molecule has 0 fully saturated rings. The van der Waals surface area contributed by atoms with E-state index in [9.17, 15) is 8.42 Å². The highest BCUT2D eigenvalue weighted by molar-refractivity contribution is 7.94. The van der Waals surface area contributed by atoms with E-state index in [2.05, 4.69) is 26.5 Å². The summed E-state index contributed by atoms with van der Waals surface area (Å²) in [4.78, 5) is 7.89. The number of anilines is 1. The third-order valence-electron chi connectivity index (χ3n) is 2.33. The lowest BCUT2D eigenvalue weighted by atomic mass is 10.2. The first-order valence-electron chi connectivity index (χ1n) is 6.02. The Morgan fingerprint density at radius 2 is 2.24 bits per heavy atom. The molecule has 8 heteroatoms. The largest absolute Gasteiger partial charge is 0.395 e. The van der Waals surface area contributed by atoms with Crippen molar-refractivity contribution in [3.05, 3.63) is 35.1 Å².